The fourth-order valence-electron chi connectivity index (χ4n) is 1.62. The van der Waals surface area contributed by atoms with Crippen molar-refractivity contribution in [2.75, 3.05) is 5.73 Å². The summed E-state index contributed by atoms with van der Waals surface area (Å²) in [5, 5.41) is 3.83. The van der Waals surface area contributed by atoms with Crippen LogP contribution in [0.1, 0.15) is 16.8 Å². The van der Waals surface area contributed by atoms with Crippen LogP contribution in [0, 0.1) is 6.92 Å². The van der Waals surface area contributed by atoms with Gasteiger partial charge in [0.2, 0.25) is 5.88 Å². The van der Waals surface area contributed by atoms with Crippen LogP contribution in [-0.2, 0) is 12.8 Å². The first-order chi connectivity index (χ1) is 7.27. The molecule has 2 N–H and O–H groups in total. The standard InChI is InChI=1S/C12H14N2O/c1-9-11(12(13)15-14-9)8-7-10-5-3-2-4-6-10/h2-6H,7-8,13H2,1H3. The minimum atomic E-state index is 0.448. The molecule has 2 rings (SSSR count). The molecule has 0 radical (unpaired) electrons. The van der Waals surface area contributed by atoms with Gasteiger partial charge in [-0.3, -0.25) is 0 Å². The summed E-state index contributed by atoms with van der Waals surface area (Å²) in [5.74, 6) is 0.448. The molecule has 0 saturated carbocycles. The largest absolute Gasteiger partial charge is 0.367 e. The number of nitrogens with two attached hydrogens (primary N) is 1. The van der Waals surface area contributed by atoms with Gasteiger partial charge in [0.1, 0.15) is 0 Å². The first-order valence-electron chi connectivity index (χ1n) is 5.02. The van der Waals surface area contributed by atoms with E-state index in [9.17, 15) is 0 Å². The molecule has 3 nitrogen and oxygen atoms in total. The summed E-state index contributed by atoms with van der Waals surface area (Å²) in [6.07, 6.45) is 1.85. The fourth-order valence-corrected chi connectivity index (χ4v) is 1.62. The third kappa shape index (κ3) is 2.18. The zero-order valence-corrected chi connectivity index (χ0v) is 8.73. The minimum Gasteiger partial charge on any atom is -0.367 e. The van der Waals surface area contributed by atoms with Crippen molar-refractivity contribution in [1.82, 2.24) is 5.16 Å². The lowest BCUT2D eigenvalue weighted by Crippen LogP contribution is -1.95. The van der Waals surface area contributed by atoms with Gasteiger partial charge in [0, 0.05) is 5.56 Å². The molecule has 78 valence electrons. The number of hydrogen-bond acceptors (Lipinski definition) is 3. The summed E-state index contributed by atoms with van der Waals surface area (Å²) in [5.41, 5.74) is 8.90. The van der Waals surface area contributed by atoms with Crippen LogP contribution in [0.5, 0.6) is 0 Å². The molecule has 1 aromatic carbocycles. The van der Waals surface area contributed by atoms with E-state index in [0.717, 1.165) is 24.1 Å². The van der Waals surface area contributed by atoms with E-state index in [4.69, 9.17) is 10.3 Å². The lowest BCUT2D eigenvalue weighted by molar-refractivity contribution is 0.431. The molecule has 1 aromatic heterocycles. The summed E-state index contributed by atoms with van der Waals surface area (Å²) in [4.78, 5) is 0. The lowest BCUT2D eigenvalue weighted by atomic mass is 10.0. The Morgan fingerprint density at radius 3 is 2.53 bits per heavy atom. The topological polar surface area (TPSA) is 52.0 Å². The predicted molar refractivity (Wildman–Crippen MR) is 59.5 cm³/mol. The molecule has 0 unspecified atom stereocenters. The highest BCUT2D eigenvalue weighted by atomic mass is 16.5. The van der Waals surface area contributed by atoms with E-state index in [0.29, 0.717) is 5.88 Å². The van der Waals surface area contributed by atoms with Crippen molar-refractivity contribution in [2.24, 2.45) is 0 Å². The van der Waals surface area contributed by atoms with Crippen LogP contribution in [0.2, 0.25) is 0 Å². The van der Waals surface area contributed by atoms with Gasteiger partial charge in [-0.25, -0.2) is 0 Å². The number of nitrogens with zero attached hydrogens (tertiary/aromatic N) is 1. The van der Waals surface area contributed by atoms with Gasteiger partial charge < -0.3 is 10.3 Å². The van der Waals surface area contributed by atoms with Gasteiger partial charge >= 0.3 is 0 Å². The van der Waals surface area contributed by atoms with E-state index < -0.39 is 0 Å². The van der Waals surface area contributed by atoms with E-state index in [1.54, 1.807) is 0 Å². The Labute approximate surface area is 88.9 Å². The minimum absolute atomic E-state index is 0.448. The van der Waals surface area contributed by atoms with E-state index in [2.05, 4.69) is 17.3 Å². The van der Waals surface area contributed by atoms with Crippen molar-refractivity contribution in [3.8, 4) is 0 Å². The zero-order valence-electron chi connectivity index (χ0n) is 8.73. The summed E-state index contributed by atoms with van der Waals surface area (Å²) < 4.78 is 4.91. The Hall–Kier alpha value is -1.77. The SMILES string of the molecule is Cc1noc(N)c1CCc1ccccc1. The average Bonchev–Trinajstić information content (AvgIpc) is 2.58. The van der Waals surface area contributed by atoms with Crippen molar-refractivity contribution < 1.29 is 4.52 Å². The van der Waals surface area contributed by atoms with Crippen LogP contribution in [0.25, 0.3) is 0 Å². The molecular weight excluding hydrogens is 188 g/mol. The van der Waals surface area contributed by atoms with E-state index in [1.807, 2.05) is 25.1 Å². The molecule has 0 atom stereocenters. The normalized spacial score (nSPS) is 10.5. The highest BCUT2D eigenvalue weighted by Gasteiger charge is 2.09. The lowest BCUT2D eigenvalue weighted by Gasteiger charge is -2.00. The van der Waals surface area contributed by atoms with Crippen molar-refractivity contribution in [2.45, 2.75) is 19.8 Å². The summed E-state index contributed by atoms with van der Waals surface area (Å²) in [6.45, 7) is 1.92. The van der Waals surface area contributed by atoms with Crippen molar-refractivity contribution in [3.05, 3.63) is 47.2 Å². The maximum atomic E-state index is 5.68. The molecule has 0 amide bonds. The Kier molecular flexibility index (Phi) is 2.72. The monoisotopic (exact) mass is 202 g/mol. The molecule has 0 spiro atoms. The Morgan fingerprint density at radius 1 is 1.20 bits per heavy atom. The molecule has 0 aliphatic rings. The van der Waals surface area contributed by atoms with Crippen molar-refractivity contribution in [3.63, 3.8) is 0 Å². The maximum absolute atomic E-state index is 5.68. The first kappa shape index (κ1) is 9.77. The quantitative estimate of drug-likeness (QED) is 0.831. The molecule has 3 heteroatoms. The van der Waals surface area contributed by atoms with E-state index >= 15 is 0 Å². The third-order valence-corrected chi connectivity index (χ3v) is 2.52. The Bertz CT molecular complexity index is 415. The molecule has 15 heavy (non-hydrogen) atoms. The predicted octanol–water partition coefficient (Wildman–Crippen LogP) is 2.35. The third-order valence-electron chi connectivity index (χ3n) is 2.52. The average molecular weight is 202 g/mol. The number of benzene rings is 1. The molecule has 0 aliphatic carbocycles. The number of aromatic nitrogens is 1. The van der Waals surface area contributed by atoms with Gasteiger partial charge in [0.15, 0.2) is 0 Å². The zero-order chi connectivity index (χ0) is 10.7. The van der Waals surface area contributed by atoms with Crippen LogP contribution < -0.4 is 5.73 Å². The van der Waals surface area contributed by atoms with Crippen molar-refractivity contribution in [1.29, 1.82) is 0 Å². The number of hydrogen-bond donors (Lipinski definition) is 1. The van der Waals surface area contributed by atoms with Crippen LogP contribution in [0.3, 0.4) is 0 Å². The second-order valence-electron chi connectivity index (χ2n) is 3.60. The first-order valence-corrected chi connectivity index (χ1v) is 5.02. The van der Waals surface area contributed by atoms with Crippen LogP contribution >= 0.6 is 0 Å². The number of rotatable bonds is 3. The van der Waals surface area contributed by atoms with Crippen LogP contribution in [-0.4, -0.2) is 5.16 Å². The van der Waals surface area contributed by atoms with Gasteiger partial charge in [-0.15, -0.1) is 0 Å². The number of anilines is 1. The van der Waals surface area contributed by atoms with Crippen LogP contribution in [0.4, 0.5) is 5.88 Å². The number of aryl methyl sites for hydroxylation is 2. The molecule has 0 fully saturated rings. The highest BCUT2D eigenvalue weighted by Crippen LogP contribution is 2.17. The van der Waals surface area contributed by atoms with Crippen LogP contribution in [0.15, 0.2) is 34.9 Å². The second kappa shape index (κ2) is 4.17. The maximum Gasteiger partial charge on any atom is 0.225 e. The van der Waals surface area contributed by atoms with Gasteiger partial charge in [0.05, 0.1) is 5.69 Å². The summed E-state index contributed by atoms with van der Waals surface area (Å²) in [6, 6.07) is 10.3. The Morgan fingerprint density at radius 2 is 1.93 bits per heavy atom. The highest BCUT2D eigenvalue weighted by molar-refractivity contribution is 5.39. The molecule has 1 heterocycles. The van der Waals surface area contributed by atoms with E-state index in [1.165, 1.54) is 5.56 Å². The molecule has 0 bridgehead atoms. The second-order valence-corrected chi connectivity index (χ2v) is 3.60. The van der Waals surface area contributed by atoms with Crippen molar-refractivity contribution >= 4 is 5.88 Å². The molecule has 0 saturated heterocycles. The summed E-state index contributed by atoms with van der Waals surface area (Å²) >= 11 is 0. The number of nitrogen functional groups attached to an aromatic ring is 1. The van der Waals surface area contributed by atoms with Gasteiger partial charge in [-0.2, -0.15) is 0 Å². The van der Waals surface area contributed by atoms with E-state index in [-0.39, 0.29) is 0 Å². The smallest absolute Gasteiger partial charge is 0.225 e. The molecular formula is C12H14N2O. The molecule has 2 aromatic rings. The van der Waals surface area contributed by atoms with Gasteiger partial charge in [-0.1, -0.05) is 35.5 Å². The fraction of sp³-hybridized carbons (Fsp3) is 0.250. The Balaban J connectivity index is 2.05. The molecule has 0 aliphatic heterocycles. The van der Waals surface area contributed by atoms with Gasteiger partial charge in [-0.05, 0) is 25.3 Å². The van der Waals surface area contributed by atoms with Gasteiger partial charge in [0.25, 0.3) is 0 Å². The summed E-state index contributed by atoms with van der Waals surface area (Å²) in [7, 11) is 0.